The van der Waals surface area contributed by atoms with Crippen molar-refractivity contribution < 1.29 is 4.74 Å². The molecule has 1 aromatic heterocycles. The molecule has 0 fully saturated rings. The Morgan fingerprint density at radius 1 is 1.35 bits per heavy atom. The van der Waals surface area contributed by atoms with E-state index in [1.54, 1.807) is 0 Å². The van der Waals surface area contributed by atoms with E-state index in [-0.39, 0.29) is 0 Å². The van der Waals surface area contributed by atoms with Crippen LogP contribution in [-0.2, 0) is 11.5 Å². The molecular weight excluding hydrogens is 272 g/mol. The van der Waals surface area contributed by atoms with Crippen LogP contribution in [0.15, 0.2) is 24.3 Å². The minimum atomic E-state index is 0.640. The number of hydrogen-bond donors (Lipinski definition) is 2. The van der Waals surface area contributed by atoms with E-state index in [1.165, 1.54) is 0 Å². The average Bonchev–Trinajstić information content (AvgIpc) is 2.95. The Balaban J connectivity index is 2.04. The number of nitrogens with two attached hydrogens (primary N) is 1. The summed E-state index contributed by atoms with van der Waals surface area (Å²) in [6.07, 6.45) is 0. The number of benzene rings is 1. The molecule has 0 bridgehead atoms. The summed E-state index contributed by atoms with van der Waals surface area (Å²) in [6, 6.07) is 7.81. The minimum absolute atomic E-state index is 0.640. The van der Waals surface area contributed by atoms with Crippen LogP contribution >= 0.6 is 11.8 Å². The van der Waals surface area contributed by atoms with Crippen LogP contribution in [-0.4, -0.2) is 16.6 Å². The van der Waals surface area contributed by atoms with Gasteiger partial charge in [-0.1, -0.05) is 12.1 Å². The number of rotatable bonds is 4. The van der Waals surface area contributed by atoms with E-state index in [2.05, 4.69) is 15.4 Å². The third kappa shape index (κ3) is 2.44. The molecule has 0 amide bonds. The highest BCUT2D eigenvalue weighted by Gasteiger charge is 2.19. The van der Waals surface area contributed by atoms with Gasteiger partial charge in [0.15, 0.2) is 5.82 Å². The van der Waals surface area contributed by atoms with E-state index in [1.807, 2.05) is 43.0 Å². The molecule has 0 radical (unpaired) electrons. The van der Waals surface area contributed by atoms with Crippen molar-refractivity contribution >= 4 is 17.6 Å². The largest absolute Gasteiger partial charge is 0.494 e. The molecule has 104 valence electrons. The number of hydrogen-bond acceptors (Lipinski definition) is 6. The van der Waals surface area contributed by atoms with Crippen molar-refractivity contribution in [2.45, 2.75) is 18.4 Å². The quantitative estimate of drug-likeness (QED) is 0.665. The highest BCUT2D eigenvalue weighted by molar-refractivity contribution is 7.98. The standard InChI is InChI=1S/C14H16N4OS/c1-2-19-10-5-3-4-9(6-10)13-16-12-8-20-7-11(12)14(17-13)18-15/h3-6H,2,7-8,15H2,1H3,(H,16,17,18). The fraction of sp³-hybridized carbons (Fsp3) is 0.286. The fourth-order valence-corrected chi connectivity index (χ4v) is 3.23. The predicted octanol–water partition coefficient (Wildman–Crippen LogP) is 2.57. The number of thioether (sulfide) groups is 1. The van der Waals surface area contributed by atoms with Gasteiger partial charge >= 0.3 is 0 Å². The van der Waals surface area contributed by atoms with E-state index in [0.29, 0.717) is 12.4 Å². The van der Waals surface area contributed by atoms with Crippen LogP contribution in [0.5, 0.6) is 5.75 Å². The normalized spacial score (nSPS) is 13.1. The fourth-order valence-electron chi connectivity index (χ4n) is 2.19. The average molecular weight is 288 g/mol. The lowest BCUT2D eigenvalue weighted by molar-refractivity contribution is 0.340. The van der Waals surface area contributed by atoms with Gasteiger partial charge in [-0.2, -0.15) is 11.8 Å². The molecule has 0 saturated carbocycles. The molecule has 1 aliphatic rings. The Morgan fingerprint density at radius 2 is 2.25 bits per heavy atom. The van der Waals surface area contributed by atoms with Gasteiger partial charge in [0.2, 0.25) is 0 Å². The predicted molar refractivity (Wildman–Crippen MR) is 81.4 cm³/mol. The van der Waals surface area contributed by atoms with Gasteiger partial charge in [-0.05, 0) is 19.1 Å². The lowest BCUT2D eigenvalue weighted by Crippen LogP contribution is -2.12. The van der Waals surface area contributed by atoms with E-state index in [0.717, 1.165) is 39.9 Å². The molecule has 2 heterocycles. The van der Waals surface area contributed by atoms with Crippen LogP contribution < -0.4 is 16.0 Å². The van der Waals surface area contributed by atoms with Crippen LogP contribution in [0.2, 0.25) is 0 Å². The van der Waals surface area contributed by atoms with Crippen molar-refractivity contribution in [1.29, 1.82) is 0 Å². The van der Waals surface area contributed by atoms with Crippen LogP contribution in [0.4, 0.5) is 5.82 Å². The van der Waals surface area contributed by atoms with E-state index in [9.17, 15) is 0 Å². The molecule has 0 unspecified atom stereocenters. The lowest BCUT2D eigenvalue weighted by Gasteiger charge is -2.10. The van der Waals surface area contributed by atoms with E-state index >= 15 is 0 Å². The maximum absolute atomic E-state index is 5.57. The van der Waals surface area contributed by atoms with Gasteiger partial charge in [-0.25, -0.2) is 15.8 Å². The molecule has 0 atom stereocenters. The van der Waals surface area contributed by atoms with Crippen LogP contribution in [0.3, 0.4) is 0 Å². The molecule has 20 heavy (non-hydrogen) atoms. The second kappa shape index (κ2) is 5.68. The molecular formula is C14H16N4OS. The van der Waals surface area contributed by atoms with Gasteiger partial charge in [0, 0.05) is 22.6 Å². The number of anilines is 1. The monoisotopic (exact) mass is 288 g/mol. The molecule has 6 heteroatoms. The summed E-state index contributed by atoms with van der Waals surface area (Å²) in [4.78, 5) is 9.17. The Bertz CT molecular complexity index is 633. The van der Waals surface area contributed by atoms with Crippen molar-refractivity contribution in [1.82, 2.24) is 9.97 Å². The van der Waals surface area contributed by atoms with Crippen molar-refractivity contribution in [3.63, 3.8) is 0 Å². The van der Waals surface area contributed by atoms with Crippen molar-refractivity contribution in [2.75, 3.05) is 12.0 Å². The number of ether oxygens (including phenoxy) is 1. The van der Waals surface area contributed by atoms with Crippen LogP contribution in [0, 0.1) is 0 Å². The van der Waals surface area contributed by atoms with Gasteiger partial charge in [-0.3, -0.25) is 0 Å². The molecule has 3 N–H and O–H groups in total. The first-order valence-corrected chi connectivity index (χ1v) is 7.64. The Labute approximate surface area is 121 Å². The summed E-state index contributed by atoms with van der Waals surface area (Å²) in [6.45, 7) is 2.60. The first kappa shape index (κ1) is 13.2. The van der Waals surface area contributed by atoms with Gasteiger partial charge < -0.3 is 10.2 Å². The van der Waals surface area contributed by atoms with Crippen LogP contribution in [0.25, 0.3) is 11.4 Å². The lowest BCUT2D eigenvalue weighted by atomic mass is 10.1. The maximum Gasteiger partial charge on any atom is 0.161 e. The Morgan fingerprint density at radius 3 is 3.05 bits per heavy atom. The maximum atomic E-state index is 5.57. The third-order valence-corrected chi connectivity index (χ3v) is 4.09. The zero-order valence-electron chi connectivity index (χ0n) is 11.2. The van der Waals surface area contributed by atoms with Gasteiger partial charge in [0.1, 0.15) is 11.6 Å². The minimum Gasteiger partial charge on any atom is -0.494 e. The molecule has 1 aliphatic heterocycles. The van der Waals surface area contributed by atoms with Crippen LogP contribution in [0.1, 0.15) is 18.2 Å². The third-order valence-electron chi connectivity index (χ3n) is 3.12. The zero-order valence-corrected chi connectivity index (χ0v) is 12.0. The highest BCUT2D eigenvalue weighted by atomic mass is 32.2. The summed E-state index contributed by atoms with van der Waals surface area (Å²) in [5, 5.41) is 0. The summed E-state index contributed by atoms with van der Waals surface area (Å²) in [5.74, 6) is 9.62. The molecule has 3 rings (SSSR count). The van der Waals surface area contributed by atoms with Crippen molar-refractivity contribution in [3.8, 4) is 17.1 Å². The smallest absolute Gasteiger partial charge is 0.161 e. The second-order valence-corrected chi connectivity index (χ2v) is 5.40. The number of fused-ring (bicyclic) bond motifs is 1. The number of nitrogen functional groups attached to an aromatic ring is 1. The summed E-state index contributed by atoms with van der Waals surface area (Å²) in [5.41, 5.74) is 5.80. The molecule has 0 aliphatic carbocycles. The SMILES string of the molecule is CCOc1cccc(-c2nc3c(c(NN)n2)CSC3)c1. The Kier molecular flexibility index (Phi) is 3.75. The summed E-state index contributed by atoms with van der Waals surface area (Å²) in [7, 11) is 0. The van der Waals surface area contributed by atoms with Crippen molar-refractivity contribution in [2.24, 2.45) is 5.84 Å². The summed E-state index contributed by atoms with van der Waals surface area (Å²) < 4.78 is 5.52. The first-order valence-electron chi connectivity index (χ1n) is 6.49. The van der Waals surface area contributed by atoms with Gasteiger partial charge in [0.05, 0.1) is 12.3 Å². The summed E-state index contributed by atoms with van der Waals surface area (Å²) >= 11 is 1.82. The molecule has 5 nitrogen and oxygen atoms in total. The second-order valence-electron chi connectivity index (χ2n) is 4.42. The van der Waals surface area contributed by atoms with Gasteiger partial charge in [-0.15, -0.1) is 0 Å². The van der Waals surface area contributed by atoms with Gasteiger partial charge in [0.25, 0.3) is 0 Å². The Hall–Kier alpha value is -1.79. The number of nitrogens with one attached hydrogen (secondary N) is 1. The molecule has 0 spiro atoms. The van der Waals surface area contributed by atoms with Crippen molar-refractivity contribution in [3.05, 3.63) is 35.5 Å². The molecule has 0 saturated heterocycles. The zero-order chi connectivity index (χ0) is 13.9. The first-order chi connectivity index (χ1) is 9.81. The number of aromatic nitrogens is 2. The van der Waals surface area contributed by atoms with E-state index < -0.39 is 0 Å². The number of nitrogens with zero attached hydrogens (tertiary/aromatic N) is 2. The van der Waals surface area contributed by atoms with E-state index in [4.69, 9.17) is 10.6 Å². The molecule has 1 aromatic carbocycles. The molecule has 2 aromatic rings. The highest BCUT2D eigenvalue weighted by Crippen LogP contribution is 2.34. The topological polar surface area (TPSA) is 73.1 Å². The number of hydrazine groups is 1.